The van der Waals surface area contributed by atoms with Crippen molar-refractivity contribution in [1.82, 2.24) is 4.57 Å². The maximum atomic E-state index is 2.46. The Bertz CT molecular complexity index is 2820. The summed E-state index contributed by atoms with van der Waals surface area (Å²) in [5, 5.41) is 15.6. The van der Waals surface area contributed by atoms with E-state index in [4.69, 9.17) is 0 Å². The molecule has 0 bridgehead atoms. The molecule has 0 aliphatic carbocycles. The highest BCUT2D eigenvalue weighted by molar-refractivity contribution is 6.30. The lowest BCUT2D eigenvalue weighted by Crippen LogP contribution is -1.93. The zero-order valence-electron chi connectivity index (χ0n) is 26.2. The zero-order chi connectivity index (χ0) is 31.1. The predicted molar refractivity (Wildman–Crippen MR) is 204 cm³/mol. The number of para-hydroxylation sites is 1. The summed E-state index contributed by atoms with van der Waals surface area (Å²) in [6.07, 6.45) is 0. The van der Waals surface area contributed by atoms with E-state index in [9.17, 15) is 0 Å². The number of hydrogen-bond acceptors (Lipinski definition) is 0. The normalized spacial score (nSPS) is 12.0. The van der Waals surface area contributed by atoms with Crippen LogP contribution in [0.25, 0.3) is 97.9 Å². The molecule has 0 aliphatic rings. The minimum Gasteiger partial charge on any atom is -0.341 e. The van der Waals surface area contributed by atoms with E-state index in [1.807, 2.05) is 0 Å². The summed E-state index contributed by atoms with van der Waals surface area (Å²) in [4.78, 5) is 0. The van der Waals surface area contributed by atoms with Gasteiger partial charge in [-0.2, -0.15) is 0 Å². The SMILES string of the molecule is CCn1c2ccccc2c2cc3c4ccc(-c5c6ccccc6c(-c6ccccc6)c6ccccc56)cc4c4ccccc4c3cc21. The van der Waals surface area contributed by atoms with Crippen molar-refractivity contribution in [2.45, 2.75) is 13.5 Å². The molecule has 0 saturated carbocycles. The Kier molecular flexibility index (Phi) is 5.62. The maximum Gasteiger partial charge on any atom is 0.0497 e. The van der Waals surface area contributed by atoms with E-state index < -0.39 is 0 Å². The van der Waals surface area contributed by atoms with Crippen LogP contribution < -0.4 is 0 Å². The fourth-order valence-corrected chi connectivity index (χ4v) is 8.35. The molecule has 0 spiro atoms. The van der Waals surface area contributed by atoms with Crippen LogP contribution in [-0.2, 0) is 6.54 Å². The lowest BCUT2D eigenvalue weighted by molar-refractivity contribution is 0.827. The van der Waals surface area contributed by atoms with Gasteiger partial charge in [0.25, 0.3) is 0 Å². The molecular weight excluding hydrogens is 567 g/mol. The van der Waals surface area contributed by atoms with Crippen molar-refractivity contribution in [2.24, 2.45) is 0 Å². The van der Waals surface area contributed by atoms with Crippen molar-refractivity contribution in [3.05, 3.63) is 158 Å². The summed E-state index contributed by atoms with van der Waals surface area (Å²) >= 11 is 0. The second-order valence-corrected chi connectivity index (χ2v) is 12.7. The highest BCUT2D eigenvalue weighted by Gasteiger charge is 2.19. The van der Waals surface area contributed by atoms with Crippen molar-refractivity contribution in [2.75, 3.05) is 0 Å². The van der Waals surface area contributed by atoms with Crippen molar-refractivity contribution in [3.63, 3.8) is 0 Å². The van der Waals surface area contributed by atoms with Crippen molar-refractivity contribution in [3.8, 4) is 22.3 Å². The number of fused-ring (bicyclic) bond motifs is 11. The van der Waals surface area contributed by atoms with Crippen LogP contribution >= 0.6 is 0 Å². The number of hydrogen-bond donors (Lipinski definition) is 0. The van der Waals surface area contributed by atoms with E-state index in [0.29, 0.717) is 0 Å². The molecule has 0 saturated heterocycles. The zero-order valence-corrected chi connectivity index (χ0v) is 26.2. The quantitative estimate of drug-likeness (QED) is 0.141. The fraction of sp³-hybridized carbons (Fsp3) is 0.0435. The molecule has 10 aromatic rings. The summed E-state index contributed by atoms with van der Waals surface area (Å²) in [5.41, 5.74) is 7.69. The molecule has 0 radical (unpaired) electrons. The van der Waals surface area contributed by atoms with Crippen LogP contribution in [0.5, 0.6) is 0 Å². The Morgan fingerprint density at radius 1 is 0.319 bits per heavy atom. The van der Waals surface area contributed by atoms with Gasteiger partial charge in [-0.3, -0.25) is 0 Å². The lowest BCUT2D eigenvalue weighted by atomic mass is 9.85. The summed E-state index contributed by atoms with van der Waals surface area (Å²) < 4.78 is 2.46. The van der Waals surface area contributed by atoms with Gasteiger partial charge in [0.1, 0.15) is 0 Å². The molecule has 0 atom stereocenters. The van der Waals surface area contributed by atoms with Crippen molar-refractivity contribution < 1.29 is 0 Å². The van der Waals surface area contributed by atoms with Crippen LogP contribution in [0.15, 0.2) is 158 Å². The van der Waals surface area contributed by atoms with E-state index in [-0.39, 0.29) is 0 Å². The number of aryl methyl sites for hydroxylation is 1. The Morgan fingerprint density at radius 3 is 1.40 bits per heavy atom. The third kappa shape index (κ3) is 3.71. The smallest absolute Gasteiger partial charge is 0.0497 e. The molecule has 0 amide bonds. The third-order valence-corrected chi connectivity index (χ3v) is 10.3. The van der Waals surface area contributed by atoms with Crippen molar-refractivity contribution in [1.29, 1.82) is 0 Å². The molecular formula is C46H31N. The molecule has 0 unspecified atom stereocenters. The van der Waals surface area contributed by atoms with Gasteiger partial charge in [-0.1, -0.05) is 133 Å². The average molecular weight is 598 g/mol. The number of nitrogens with zero attached hydrogens (tertiary/aromatic N) is 1. The molecule has 0 N–H and O–H groups in total. The van der Waals surface area contributed by atoms with Gasteiger partial charge >= 0.3 is 0 Å². The van der Waals surface area contributed by atoms with E-state index in [2.05, 4.69) is 169 Å². The van der Waals surface area contributed by atoms with Gasteiger partial charge in [-0.25, -0.2) is 0 Å². The molecule has 1 aromatic heterocycles. The first-order valence-electron chi connectivity index (χ1n) is 16.6. The van der Waals surface area contributed by atoms with Gasteiger partial charge < -0.3 is 4.57 Å². The lowest BCUT2D eigenvalue weighted by Gasteiger charge is -2.18. The first-order chi connectivity index (χ1) is 23.3. The summed E-state index contributed by atoms with van der Waals surface area (Å²) in [6, 6.07) is 58.6. The van der Waals surface area contributed by atoms with Crippen LogP contribution in [0.3, 0.4) is 0 Å². The summed E-state index contributed by atoms with van der Waals surface area (Å²) in [5.74, 6) is 0. The Labute approximate surface area is 272 Å². The monoisotopic (exact) mass is 597 g/mol. The molecule has 1 heterocycles. The molecule has 9 aromatic carbocycles. The van der Waals surface area contributed by atoms with Gasteiger partial charge in [-0.15, -0.1) is 0 Å². The van der Waals surface area contributed by atoms with Gasteiger partial charge in [0, 0.05) is 28.4 Å². The van der Waals surface area contributed by atoms with Crippen LogP contribution in [0.4, 0.5) is 0 Å². The number of benzene rings is 9. The van der Waals surface area contributed by atoms with E-state index in [1.165, 1.54) is 97.9 Å². The predicted octanol–water partition coefficient (Wildman–Crippen LogP) is 12.9. The minimum absolute atomic E-state index is 0.940. The fourth-order valence-electron chi connectivity index (χ4n) is 8.35. The second-order valence-electron chi connectivity index (χ2n) is 12.7. The molecule has 0 aliphatic heterocycles. The van der Waals surface area contributed by atoms with Gasteiger partial charge in [0.2, 0.25) is 0 Å². The third-order valence-electron chi connectivity index (χ3n) is 10.3. The molecule has 1 heteroatoms. The molecule has 47 heavy (non-hydrogen) atoms. The Hall–Kier alpha value is -5.92. The van der Waals surface area contributed by atoms with Crippen molar-refractivity contribution >= 4 is 75.7 Å². The molecule has 220 valence electrons. The molecule has 10 rings (SSSR count). The standard InChI is InChI=1S/C46H31N/c1-2-47-43-23-13-12-18-34(43)42-27-40-33-25-24-30(26-39(33)31-16-6-7-17-32(31)41(40)28-44(42)47)46-37-21-10-8-19-35(37)45(29-14-4-3-5-15-29)36-20-9-11-22-38(36)46/h3-28H,2H2,1H3. The molecule has 1 nitrogen and oxygen atoms in total. The topological polar surface area (TPSA) is 4.93 Å². The summed E-state index contributed by atoms with van der Waals surface area (Å²) in [6.45, 7) is 3.19. The van der Waals surface area contributed by atoms with Gasteiger partial charge in [0.05, 0.1) is 0 Å². The Morgan fingerprint density at radius 2 is 0.787 bits per heavy atom. The first kappa shape index (κ1) is 26.3. The van der Waals surface area contributed by atoms with Crippen LogP contribution in [0, 0.1) is 0 Å². The highest BCUT2D eigenvalue weighted by Crippen LogP contribution is 2.46. The second kappa shape index (κ2) is 10.0. The van der Waals surface area contributed by atoms with Gasteiger partial charge in [-0.05, 0) is 107 Å². The van der Waals surface area contributed by atoms with Crippen LogP contribution in [0.1, 0.15) is 6.92 Å². The maximum absolute atomic E-state index is 2.46. The van der Waals surface area contributed by atoms with E-state index in [0.717, 1.165) is 6.54 Å². The summed E-state index contributed by atoms with van der Waals surface area (Å²) in [7, 11) is 0. The Balaban J connectivity index is 1.33. The van der Waals surface area contributed by atoms with E-state index in [1.54, 1.807) is 0 Å². The average Bonchev–Trinajstić information content (AvgIpc) is 3.46. The van der Waals surface area contributed by atoms with Crippen LogP contribution in [-0.4, -0.2) is 4.57 Å². The van der Waals surface area contributed by atoms with E-state index >= 15 is 0 Å². The first-order valence-corrected chi connectivity index (χ1v) is 16.6. The number of aromatic nitrogens is 1. The molecule has 0 fully saturated rings. The minimum atomic E-state index is 0.940. The number of rotatable bonds is 3. The van der Waals surface area contributed by atoms with Gasteiger partial charge in [0.15, 0.2) is 0 Å². The van der Waals surface area contributed by atoms with Crippen LogP contribution in [0.2, 0.25) is 0 Å². The largest absolute Gasteiger partial charge is 0.341 e. The highest BCUT2D eigenvalue weighted by atomic mass is 15.0.